The third-order valence-electron chi connectivity index (χ3n) is 14.8. The molecular weight excluding hydrogens is 592 g/mol. The van der Waals surface area contributed by atoms with Crippen molar-refractivity contribution in [3.05, 3.63) is 11.6 Å². The third kappa shape index (κ3) is 5.03. The number of aliphatic hydroxyl groups is 7. The van der Waals surface area contributed by atoms with Crippen LogP contribution in [0, 0.1) is 45.3 Å². The molecule has 0 aromatic heterocycles. The van der Waals surface area contributed by atoms with E-state index >= 15 is 0 Å². The average Bonchev–Trinajstić information content (AvgIpc) is 3.45. The maximum absolute atomic E-state index is 12.1. The van der Waals surface area contributed by atoms with E-state index in [9.17, 15) is 35.7 Å². The van der Waals surface area contributed by atoms with Crippen molar-refractivity contribution in [2.24, 2.45) is 45.3 Å². The van der Waals surface area contributed by atoms with Crippen LogP contribution < -0.4 is 0 Å². The van der Waals surface area contributed by atoms with Gasteiger partial charge < -0.3 is 50.0 Å². The van der Waals surface area contributed by atoms with Crippen LogP contribution in [0.15, 0.2) is 11.6 Å². The van der Waals surface area contributed by atoms with E-state index in [1.54, 1.807) is 0 Å². The standard InChI is InChI=1S/C36H60O10/c1-17(13-20(39)30-33(4,5)46-30)18-9-12-35(7)25(18)19(38)14-23-34(6)11-10-24(40)32(2,3)29(34)21(15-36(23,35)8)44-31-28(43)27(42)26(41)22(16-37)45-31/h13,18-31,37-43H,9-12,14-16H2,1-8H3/b17-13+/t18-,19-,20?,21+,22-,23-,24+,25+,26-,27+,28-,29+,30?,31-,34-,35-,36-/m1/s1. The van der Waals surface area contributed by atoms with Gasteiger partial charge in [-0.15, -0.1) is 0 Å². The minimum Gasteiger partial charge on any atom is -0.394 e. The van der Waals surface area contributed by atoms with Crippen LogP contribution in [0.5, 0.6) is 0 Å². The van der Waals surface area contributed by atoms with E-state index in [0.717, 1.165) is 24.8 Å². The van der Waals surface area contributed by atoms with Crippen molar-refractivity contribution in [2.75, 3.05) is 6.61 Å². The second-order valence-electron chi connectivity index (χ2n) is 17.8. The molecule has 6 rings (SSSR count). The molecule has 264 valence electrons. The van der Waals surface area contributed by atoms with E-state index in [4.69, 9.17) is 14.2 Å². The number of hydrogen-bond donors (Lipinski definition) is 7. The van der Waals surface area contributed by atoms with E-state index in [0.29, 0.717) is 19.3 Å². The van der Waals surface area contributed by atoms with E-state index in [1.807, 2.05) is 19.9 Å². The summed E-state index contributed by atoms with van der Waals surface area (Å²) in [7, 11) is 0. The molecule has 0 aromatic rings. The molecule has 2 aliphatic heterocycles. The van der Waals surface area contributed by atoms with Crippen LogP contribution >= 0.6 is 0 Å². The summed E-state index contributed by atoms with van der Waals surface area (Å²) in [4.78, 5) is 0. The molecule has 6 fully saturated rings. The first-order valence-corrected chi connectivity index (χ1v) is 17.6. The first kappa shape index (κ1) is 35.2. The third-order valence-corrected chi connectivity index (χ3v) is 14.8. The normalized spacial score (nSPS) is 55.2. The Morgan fingerprint density at radius 1 is 0.913 bits per heavy atom. The Bertz CT molecular complexity index is 1190. The molecule has 2 saturated heterocycles. The molecule has 46 heavy (non-hydrogen) atoms. The van der Waals surface area contributed by atoms with Gasteiger partial charge in [0, 0.05) is 0 Å². The molecule has 10 heteroatoms. The van der Waals surface area contributed by atoms with Crippen molar-refractivity contribution >= 4 is 0 Å². The molecule has 7 N–H and O–H groups in total. The molecule has 0 bridgehead atoms. The summed E-state index contributed by atoms with van der Waals surface area (Å²) in [5.74, 6) is 0.0595. The minimum absolute atomic E-state index is 0.0272. The summed E-state index contributed by atoms with van der Waals surface area (Å²) in [6.45, 7) is 16.6. The van der Waals surface area contributed by atoms with E-state index < -0.39 is 67.1 Å². The number of fused-ring (bicyclic) bond motifs is 5. The predicted octanol–water partition coefficient (Wildman–Crippen LogP) is 2.28. The summed E-state index contributed by atoms with van der Waals surface area (Å²) in [6.07, 6.45) is -3.02. The quantitative estimate of drug-likeness (QED) is 0.128. The molecule has 10 nitrogen and oxygen atoms in total. The van der Waals surface area contributed by atoms with Crippen molar-refractivity contribution in [2.45, 2.75) is 161 Å². The van der Waals surface area contributed by atoms with Gasteiger partial charge in [0.1, 0.15) is 36.6 Å². The van der Waals surface area contributed by atoms with Gasteiger partial charge in [0.05, 0.1) is 30.5 Å². The molecule has 0 radical (unpaired) electrons. The molecule has 4 aliphatic carbocycles. The van der Waals surface area contributed by atoms with Gasteiger partial charge in [0.2, 0.25) is 0 Å². The average molecular weight is 653 g/mol. The highest BCUT2D eigenvalue weighted by Gasteiger charge is 2.73. The Balaban J connectivity index is 1.37. The number of ether oxygens (including phenoxy) is 3. The van der Waals surface area contributed by atoms with Crippen LogP contribution in [0.25, 0.3) is 0 Å². The Morgan fingerprint density at radius 3 is 2.17 bits per heavy atom. The second kappa shape index (κ2) is 11.4. The summed E-state index contributed by atoms with van der Waals surface area (Å²) in [5, 5.41) is 76.3. The maximum Gasteiger partial charge on any atom is 0.186 e. The van der Waals surface area contributed by atoms with Gasteiger partial charge in [-0.05, 0) is 105 Å². The summed E-state index contributed by atoms with van der Waals surface area (Å²) in [6, 6.07) is 0. The first-order chi connectivity index (χ1) is 21.2. The fourth-order valence-electron chi connectivity index (χ4n) is 12.1. The van der Waals surface area contributed by atoms with E-state index in [1.165, 1.54) is 0 Å². The van der Waals surface area contributed by atoms with Crippen molar-refractivity contribution < 1.29 is 50.0 Å². The Morgan fingerprint density at radius 2 is 1.57 bits per heavy atom. The van der Waals surface area contributed by atoms with Crippen LogP contribution in [-0.2, 0) is 14.2 Å². The van der Waals surface area contributed by atoms with Crippen LogP contribution in [0.1, 0.15) is 93.9 Å². The van der Waals surface area contributed by atoms with Crippen molar-refractivity contribution in [1.29, 1.82) is 0 Å². The zero-order valence-corrected chi connectivity index (χ0v) is 29.0. The topological polar surface area (TPSA) is 173 Å². The van der Waals surface area contributed by atoms with E-state index in [-0.39, 0.29) is 51.6 Å². The lowest BCUT2D eigenvalue weighted by Gasteiger charge is -2.72. The molecule has 2 unspecified atom stereocenters. The smallest absolute Gasteiger partial charge is 0.186 e. The number of hydrogen-bond acceptors (Lipinski definition) is 10. The summed E-state index contributed by atoms with van der Waals surface area (Å²) < 4.78 is 18.3. The maximum atomic E-state index is 12.1. The number of allylic oxidation sites excluding steroid dienone is 1. The van der Waals surface area contributed by atoms with Crippen LogP contribution in [0.2, 0.25) is 0 Å². The predicted molar refractivity (Wildman–Crippen MR) is 169 cm³/mol. The lowest BCUT2D eigenvalue weighted by molar-refractivity contribution is -0.346. The summed E-state index contributed by atoms with van der Waals surface area (Å²) >= 11 is 0. The van der Waals surface area contributed by atoms with Crippen molar-refractivity contribution in [3.8, 4) is 0 Å². The highest BCUT2D eigenvalue weighted by atomic mass is 16.7. The molecule has 0 aromatic carbocycles. The molecule has 2 heterocycles. The molecule has 4 saturated carbocycles. The van der Waals surface area contributed by atoms with Crippen LogP contribution in [0.4, 0.5) is 0 Å². The SMILES string of the molecule is C/C(=C\C(O)C1OC1(C)C)[C@H]1CC[C@]2(C)[C@@H]1[C@H](O)C[C@@H]1[C@@]3(C)CC[C@H](O)C(C)(C)[C@@H]3[C@@H](O[C@@H]3O[C@H](CO)[C@@H](O)[C@H](O)[C@H]3O)C[C@]12C. The van der Waals surface area contributed by atoms with Gasteiger partial charge in [-0.3, -0.25) is 0 Å². The number of aliphatic hydroxyl groups excluding tert-OH is 7. The lowest BCUT2D eigenvalue weighted by atomic mass is 9.34. The van der Waals surface area contributed by atoms with Crippen molar-refractivity contribution in [3.63, 3.8) is 0 Å². The van der Waals surface area contributed by atoms with Gasteiger partial charge in [0.15, 0.2) is 6.29 Å². The largest absolute Gasteiger partial charge is 0.394 e. The Kier molecular flexibility index (Phi) is 8.74. The van der Waals surface area contributed by atoms with Gasteiger partial charge >= 0.3 is 0 Å². The zero-order chi connectivity index (χ0) is 33.9. The molecule has 0 amide bonds. The van der Waals surface area contributed by atoms with Gasteiger partial charge in [0.25, 0.3) is 0 Å². The van der Waals surface area contributed by atoms with E-state index in [2.05, 4.69) is 41.5 Å². The van der Waals surface area contributed by atoms with Gasteiger partial charge in [-0.25, -0.2) is 0 Å². The summed E-state index contributed by atoms with van der Waals surface area (Å²) in [5.41, 5.74) is -0.698. The number of rotatable bonds is 6. The van der Waals surface area contributed by atoms with Gasteiger partial charge in [-0.1, -0.05) is 46.3 Å². The minimum atomic E-state index is -1.54. The van der Waals surface area contributed by atoms with Crippen LogP contribution in [0.3, 0.4) is 0 Å². The fraction of sp³-hybridized carbons (Fsp3) is 0.944. The van der Waals surface area contributed by atoms with Crippen molar-refractivity contribution in [1.82, 2.24) is 0 Å². The fourth-order valence-corrected chi connectivity index (χ4v) is 12.1. The molecular formula is C36H60O10. The molecule has 0 spiro atoms. The van der Waals surface area contributed by atoms with Crippen LogP contribution in [-0.4, -0.2) is 109 Å². The van der Waals surface area contributed by atoms with Gasteiger partial charge in [-0.2, -0.15) is 0 Å². The highest BCUT2D eigenvalue weighted by Crippen LogP contribution is 2.76. The highest BCUT2D eigenvalue weighted by molar-refractivity contribution is 5.25. The number of epoxide rings is 1. The first-order valence-electron chi connectivity index (χ1n) is 17.6. The Labute approximate surface area is 274 Å². The second-order valence-corrected chi connectivity index (χ2v) is 17.8. The molecule has 6 aliphatic rings. The molecule has 17 atom stereocenters. The monoisotopic (exact) mass is 652 g/mol. The Hall–Kier alpha value is -0.660. The lowest BCUT2D eigenvalue weighted by Crippen LogP contribution is -2.70. The zero-order valence-electron chi connectivity index (χ0n) is 29.0.